The van der Waals surface area contributed by atoms with Crippen LogP contribution in [0.2, 0.25) is 0 Å². The van der Waals surface area contributed by atoms with Crippen molar-refractivity contribution in [1.29, 1.82) is 0 Å². The number of aromatic nitrogens is 2. The summed E-state index contributed by atoms with van der Waals surface area (Å²) >= 11 is 3.21. The summed E-state index contributed by atoms with van der Waals surface area (Å²) in [6.07, 6.45) is 0. The molecule has 0 radical (unpaired) electrons. The van der Waals surface area contributed by atoms with E-state index in [1.807, 2.05) is 24.3 Å². The molecule has 0 spiro atoms. The van der Waals surface area contributed by atoms with Crippen LogP contribution in [0.3, 0.4) is 0 Å². The molecule has 1 aromatic heterocycles. The van der Waals surface area contributed by atoms with Gasteiger partial charge in [0.2, 0.25) is 0 Å². The van der Waals surface area contributed by atoms with E-state index in [-0.39, 0.29) is 0 Å². The van der Waals surface area contributed by atoms with Crippen molar-refractivity contribution in [3.8, 4) is 11.3 Å². The molecule has 5 heteroatoms. The van der Waals surface area contributed by atoms with E-state index in [9.17, 15) is 8.78 Å². The second-order valence-electron chi connectivity index (χ2n) is 4.02. The third kappa shape index (κ3) is 2.33. The van der Waals surface area contributed by atoms with Crippen LogP contribution >= 0.6 is 15.9 Å². The van der Waals surface area contributed by atoms with E-state index in [0.717, 1.165) is 11.5 Å². The third-order valence-corrected chi connectivity index (χ3v) is 3.07. The Morgan fingerprint density at radius 3 is 2.32 bits per heavy atom. The zero-order chi connectivity index (χ0) is 13.4. The van der Waals surface area contributed by atoms with Gasteiger partial charge in [0, 0.05) is 17.0 Å². The molecule has 2 aromatic carbocycles. The first-order chi connectivity index (χ1) is 9.13. The summed E-state index contributed by atoms with van der Waals surface area (Å²) in [5.74, 6) is -1.26. The van der Waals surface area contributed by atoms with Crippen molar-refractivity contribution in [3.63, 3.8) is 0 Å². The molecule has 19 heavy (non-hydrogen) atoms. The standard InChI is InChI=1S/C14H7BrF2N2/c15-14-18-12-4-2-1-3-11(12)13(19-14)8-5-9(16)7-10(17)6-8/h1-7H. The van der Waals surface area contributed by atoms with Gasteiger partial charge in [-0.1, -0.05) is 18.2 Å². The largest absolute Gasteiger partial charge is 0.222 e. The number of halogens is 3. The molecule has 94 valence electrons. The van der Waals surface area contributed by atoms with Crippen LogP contribution in [0.1, 0.15) is 0 Å². The van der Waals surface area contributed by atoms with Crippen molar-refractivity contribution < 1.29 is 8.78 Å². The molecule has 3 aromatic rings. The van der Waals surface area contributed by atoms with E-state index in [2.05, 4.69) is 25.9 Å². The molecule has 0 N–H and O–H groups in total. The van der Waals surface area contributed by atoms with Gasteiger partial charge in [0.15, 0.2) is 4.73 Å². The Kier molecular flexibility index (Phi) is 2.98. The van der Waals surface area contributed by atoms with Gasteiger partial charge in [0.05, 0.1) is 11.2 Å². The lowest BCUT2D eigenvalue weighted by molar-refractivity contribution is 0.584. The van der Waals surface area contributed by atoms with Gasteiger partial charge in [0.25, 0.3) is 0 Å². The summed E-state index contributed by atoms with van der Waals surface area (Å²) in [6.45, 7) is 0. The third-order valence-electron chi connectivity index (χ3n) is 2.71. The van der Waals surface area contributed by atoms with Gasteiger partial charge in [0.1, 0.15) is 11.6 Å². The highest BCUT2D eigenvalue weighted by molar-refractivity contribution is 9.10. The van der Waals surface area contributed by atoms with Crippen LogP contribution in [0.5, 0.6) is 0 Å². The normalized spacial score (nSPS) is 10.9. The average Bonchev–Trinajstić information content (AvgIpc) is 2.36. The molecule has 0 amide bonds. The molecule has 0 aliphatic heterocycles. The van der Waals surface area contributed by atoms with Crippen molar-refractivity contribution >= 4 is 26.8 Å². The summed E-state index contributed by atoms with van der Waals surface area (Å²) < 4.78 is 27.0. The number of hydrogen-bond donors (Lipinski definition) is 0. The Bertz CT molecular complexity index is 754. The zero-order valence-corrected chi connectivity index (χ0v) is 11.2. The molecule has 0 atom stereocenters. The van der Waals surface area contributed by atoms with Crippen molar-refractivity contribution in [2.24, 2.45) is 0 Å². The summed E-state index contributed by atoms with van der Waals surface area (Å²) in [5, 5.41) is 0.746. The van der Waals surface area contributed by atoms with Crippen molar-refractivity contribution in [3.05, 3.63) is 58.8 Å². The van der Waals surface area contributed by atoms with Gasteiger partial charge < -0.3 is 0 Å². The van der Waals surface area contributed by atoms with Gasteiger partial charge in [-0.3, -0.25) is 0 Å². The second-order valence-corrected chi connectivity index (χ2v) is 4.73. The maximum absolute atomic E-state index is 13.3. The summed E-state index contributed by atoms with van der Waals surface area (Å²) in [6, 6.07) is 10.7. The first kappa shape index (κ1) is 12.2. The Labute approximate surface area is 116 Å². The smallest absolute Gasteiger partial charge is 0.197 e. The molecule has 3 rings (SSSR count). The second kappa shape index (κ2) is 4.66. The summed E-state index contributed by atoms with van der Waals surface area (Å²) in [7, 11) is 0. The monoisotopic (exact) mass is 320 g/mol. The fourth-order valence-electron chi connectivity index (χ4n) is 1.96. The van der Waals surface area contributed by atoms with Gasteiger partial charge in [-0.05, 0) is 34.1 Å². The SMILES string of the molecule is Fc1cc(F)cc(-c2nc(Br)nc3ccccc23)c1. The van der Waals surface area contributed by atoms with E-state index >= 15 is 0 Å². The van der Waals surface area contributed by atoms with Crippen LogP contribution in [0, 0.1) is 11.6 Å². The molecule has 0 saturated heterocycles. The Balaban J connectivity index is 2.35. The first-order valence-corrected chi connectivity index (χ1v) is 6.31. The lowest BCUT2D eigenvalue weighted by atomic mass is 10.1. The molecule has 0 aliphatic carbocycles. The van der Waals surface area contributed by atoms with Crippen LogP contribution in [0.4, 0.5) is 8.78 Å². The molecule has 2 nitrogen and oxygen atoms in total. The van der Waals surface area contributed by atoms with E-state index in [0.29, 0.717) is 21.5 Å². The van der Waals surface area contributed by atoms with Gasteiger partial charge in [-0.25, -0.2) is 18.7 Å². The number of hydrogen-bond acceptors (Lipinski definition) is 2. The summed E-state index contributed by atoms with van der Waals surface area (Å²) in [4.78, 5) is 8.45. The first-order valence-electron chi connectivity index (χ1n) is 5.52. The van der Waals surface area contributed by atoms with Gasteiger partial charge >= 0.3 is 0 Å². The lowest BCUT2D eigenvalue weighted by Gasteiger charge is -2.06. The molecule has 0 bridgehead atoms. The topological polar surface area (TPSA) is 25.8 Å². The highest BCUT2D eigenvalue weighted by Gasteiger charge is 2.10. The van der Waals surface area contributed by atoms with Gasteiger partial charge in [-0.15, -0.1) is 0 Å². The molecule has 0 saturated carbocycles. The molecular weight excluding hydrogens is 314 g/mol. The van der Waals surface area contributed by atoms with E-state index < -0.39 is 11.6 Å². The van der Waals surface area contributed by atoms with Crippen LogP contribution < -0.4 is 0 Å². The Hall–Kier alpha value is -1.88. The maximum atomic E-state index is 13.3. The predicted molar refractivity (Wildman–Crippen MR) is 72.6 cm³/mol. The number of nitrogens with zero attached hydrogens (tertiary/aromatic N) is 2. The van der Waals surface area contributed by atoms with Crippen LogP contribution in [0.25, 0.3) is 22.2 Å². The van der Waals surface area contributed by atoms with Crippen LogP contribution in [0.15, 0.2) is 47.2 Å². The molecule has 0 unspecified atom stereocenters. The molecular formula is C14H7BrF2N2. The van der Waals surface area contributed by atoms with Crippen molar-refractivity contribution in [2.45, 2.75) is 0 Å². The average molecular weight is 321 g/mol. The molecule has 1 heterocycles. The minimum absolute atomic E-state index is 0.380. The van der Waals surface area contributed by atoms with Crippen LogP contribution in [-0.4, -0.2) is 9.97 Å². The highest BCUT2D eigenvalue weighted by Crippen LogP contribution is 2.28. The van der Waals surface area contributed by atoms with Crippen LogP contribution in [-0.2, 0) is 0 Å². The minimum Gasteiger partial charge on any atom is -0.222 e. The van der Waals surface area contributed by atoms with E-state index in [1.54, 1.807) is 0 Å². The quantitative estimate of drug-likeness (QED) is 0.623. The fourth-order valence-corrected chi connectivity index (χ4v) is 2.33. The minimum atomic E-state index is -0.631. The van der Waals surface area contributed by atoms with E-state index in [1.165, 1.54) is 12.1 Å². The Morgan fingerprint density at radius 2 is 1.58 bits per heavy atom. The maximum Gasteiger partial charge on any atom is 0.197 e. The number of para-hydroxylation sites is 1. The Morgan fingerprint density at radius 1 is 0.895 bits per heavy atom. The zero-order valence-electron chi connectivity index (χ0n) is 9.57. The summed E-state index contributed by atoms with van der Waals surface area (Å²) in [5.41, 5.74) is 1.59. The molecule has 0 aliphatic rings. The predicted octanol–water partition coefficient (Wildman–Crippen LogP) is 4.34. The lowest BCUT2D eigenvalue weighted by Crippen LogP contribution is -1.93. The van der Waals surface area contributed by atoms with Crippen molar-refractivity contribution in [2.75, 3.05) is 0 Å². The van der Waals surface area contributed by atoms with Crippen molar-refractivity contribution in [1.82, 2.24) is 9.97 Å². The number of fused-ring (bicyclic) bond motifs is 1. The highest BCUT2D eigenvalue weighted by atomic mass is 79.9. The fraction of sp³-hybridized carbons (Fsp3) is 0. The van der Waals surface area contributed by atoms with Gasteiger partial charge in [-0.2, -0.15) is 0 Å². The van der Waals surface area contributed by atoms with E-state index in [4.69, 9.17) is 0 Å². The number of benzene rings is 2. The molecule has 0 fully saturated rings. The number of rotatable bonds is 1.